The predicted octanol–water partition coefficient (Wildman–Crippen LogP) is 5.72. The largest absolute Gasteiger partial charge is 0.493 e. The molecule has 1 aliphatic heterocycles. The van der Waals surface area contributed by atoms with E-state index in [1.807, 2.05) is 5.38 Å². The van der Waals surface area contributed by atoms with Crippen LogP contribution in [-0.4, -0.2) is 80.7 Å². The summed E-state index contributed by atoms with van der Waals surface area (Å²) in [5.74, 6) is 0.347. The van der Waals surface area contributed by atoms with Crippen LogP contribution < -0.4 is 24.3 Å². The molecule has 1 aliphatic rings. The van der Waals surface area contributed by atoms with E-state index in [0.29, 0.717) is 69.9 Å². The molecule has 2 N–H and O–H groups in total. The number of rotatable bonds is 11. The second-order valence-corrected chi connectivity index (χ2v) is 11.2. The van der Waals surface area contributed by atoms with Gasteiger partial charge in [0, 0.05) is 53.7 Å². The highest BCUT2D eigenvalue weighted by Crippen LogP contribution is 2.43. The number of nitrogens with zero attached hydrogens (tertiary/aromatic N) is 2. The van der Waals surface area contributed by atoms with Gasteiger partial charge in [0.1, 0.15) is 18.5 Å². The molecule has 0 spiro atoms. The van der Waals surface area contributed by atoms with Crippen molar-refractivity contribution >= 4 is 44.6 Å². The van der Waals surface area contributed by atoms with Crippen LogP contribution in [0.15, 0.2) is 65.5 Å². The van der Waals surface area contributed by atoms with Crippen molar-refractivity contribution in [3.8, 4) is 28.7 Å². The SMILES string of the molecule is COc1cc2c(Oc3c(OC)cc4cc(NC(=O)c5ccsc5)ccc4c3F)ccnc2cc1OC[C@@H](O)CN1CCOCC1. The number of β-amino-alcohol motifs (C(OH)–C–C–N with tert-alkyl or cyclic N) is 1. The van der Waals surface area contributed by atoms with Crippen LogP contribution in [-0.2, 0) is 4.74 Å². The molecule has 2 aromatic heterocycles. The van der Waals surface area contributed by atoms with Crippen LogP contribution in [0, 0.1) is 5.82 Å². The van der Waals surface area contributed by atoms with E-state index in [1.54, 1.807) is 60.1 Å². The molecule has 10 nitrogen and oxygen atoms in total. The van der Waals surface area contributed by atoms with E-state index in [1.165, 1.54) is 25.6 Å². The minimum Gasteiger partial charge on any atom is -0.493 e. The predicted molar refractivity (Wildman–Crippen MR) is 170 cm³/mol. The minimum atomic E-state index is -0.706. The summed E-state index contributed by atoms with van der Waals surface area (Å²) >= 11 is 1.43. The number of halogens is 1. The molecule has 6 rings (SSSR count). The Morgan fingerprint density at radius 2 is 1.87 bits per heavy atom. The fourth-order valence-corrected chi connectivity index (χ4v) is 5.80. The first kappa shape index (κ1) is 30.5. The van der Waals surface area contributed by atoms with E-state index in [0.717, 1.165) is 13.1 Å². The summed E-state index contributed by atoms with van der Waals surface area (Å²) in [4.78, 5) is 19.1. The number of morpholine rings is 1. The number of ether oxygens (including phenoxy) is 5. The molecule has 0 bridgehead atoms. The lowest BCUT2D eigenvalue weighted by atomic mass is 10.1. The molecule has 0 aliphatic carbocycles. The number of aromatic nitrogens is 1. The number of fused-ring (bicyclic) bond motifs is 2. The standard InChI is InChI=1S/C33H32FN3O7S/c1-40-28-15-25-26(16-29(28)43-18-23(38)17-37-8-10-42-11-9-37)35-7-5-27(25)44-32-30(41-2)14-21-13-22(3-4-24(21)31(32)34)36-33(39)20-6-12-45-19-20/h3-7,12-16,19,23,38H,8-11,17-18H2,1-2H3,(H,36,39)/t23-/m0/s1. The Balaban J connectivity index is 1.25. The molecule has 1 atom stereocenters. The number of nitrogens with one attached hydrogen (secondary N) is 1. The van der Waals surface area contributed by atoms with Crippen LogP contribution in [0.5, 0.6) is 28.7 Å². The van der Waals surface area contributed by atoms with Crippen LogP contribution in [0.25, 0.3) is 21.7 Å². The van der Waals surface area contributed by atoms with Crippen LogP contribution in [0.3, 0.4) is 0 Å². The number of benzene rings is 3. The molecular formula is C33H32FN3O7S. The third kappa shape index (κ3) is 6.79. The first-order chi connectivity index (χ1) is 21.9. The molecule has 0 radical (unpaired) electrons. The Labute approximate surface area is 262 Å². The molecule has 1 saturated heterocycles. The number of hydrogen-bond acceptors (Lipinski definition) is 10. The number of aliphatic hydroxyl groups is 1. The van der Waals surface area contributed by atoms with Crippen molar-refractivity contribution in [3.05, 3.63) is 76.9 Å². The fraction of sp³-hybridized carbons (Fsp3) is 0.273. The van der Waals surface area contributed by atoms with Gasteiger partial charge in [-0.2, -0.15) is 11.3 Å². The Hall–Kier alpha value is -4.49. The minimum absolute atomic E-state index is 0.0638. The quantitative estimate of drug-likeness (QED) is 0.189. The van der Waals surface area contributed by atoms with Gasteiger partial charge < -0.3 is 34.1 Å². The Bertz CT molecular complexity index is 1810. The van der Waals surface area contributed by atoms with E-state index in [-0.39, 0.29) is 24.0 Å². The summed E-state index contributed by atoms with van der Waals surface area (Å²) in [5, 5.41) is 18.3. The number of methoxy groups -OCH3 is 2. The molecule has 0 unspecified atom stereocenters. The molecule has 45 heavy (non-hydrogen) atoms. The lowest BCUT2D eigenvalue weighted by molar-refractivity contribution is 0.00446. The first-order valence-corrected chi connectivity index (χ1v) is 15.3. The highest BCUT2D eigenvalue weighted by molar-refractivity contribution is 7.08. The van der Waals surface area contributed by atoms with Crippen molar-refractivity contribution in [2.24, 2.45) is 0 Å². The van der Waals surface area contributed by atoms with E-state index >= 15 is 4.39 Å². The maximum Gasteiger partial charge on any atom is 0.256 e. The van der Waals surface area contributed by atoms with Crippen molar-refractivity contribution in [2.45, 2.75) is 6.10 Å². The van der Waals surface area contributed by atoms with Gasteiger partial charge in [0.2, 0.25) is 5.75 Å². The van der Waals surface area contributed by atoms with Gasteiger partial charge in [0.15, 0.2) is 23.1 Å². The van der Waals surface area contributed by atoms with Crippen LogP contribution in [0.2, 0.25) is 0 Å². The molecule has 1 amide bonds. The number of carbonyl (C=O) groups is 1. The number of aliphatic hydroxyl groups excluding tert-OH is 1. The van der Waals surface area contributed by atoms with E-state index < -0.39 is 11.9 Å². The summed E-state index contributed by atoms with van der Waals surface area (Å²) in [6.07, 6.45) is 0.845. The van der Waals surface area contributed by atoms with Gasteiger partial charge in [0.05, 0.1) is 38.5 Å². The van der Waals surface area contributed by atoms with E-state index in [2.05, 4.69) is 15.2 Å². The van der Waals surface area contributed by atoms with Crippen LogP contribution in [0.1, 0.15) is 10.4 Å². The molecule has 3 heterocycles. The van der Waals surface area contributed by atoms with Gasteiger partial charge in [-0.15, -0.1) is 0 Å². The van der Waals surface area contributed by atoms with Gasteiger partial charge in [-0.05, 0) is 53.2 Å². The average Bonchev–Trinajstić information content (AvgIpc) is 3.61. The molecular weight excluding hydrogens is 601 g/mol. The molecule has 1 fully saturated rings. The third-order valence-corrected chi connectivity index (χ3v) is 8.15. The van der Waals surface area contributed by atoms with Crippen molar-refractivity contribution in [1.29, 1.82) is 0 Å². The molecule has 234 valence electrons. The summed E-state index contributed by atoms with van der Waals surface area (Å²) in [5.41, 5.74) is 1.60. The first-order valence-electron chi connectivity index (χ1n) is 14.3. The van der Waals surface area contributed by atoms with Crippen molar-refractivity contribution in [1.82, 2.24) is 9.88 Å². The molecule has 12 heteroatoms. The number of hydrogen-bond donors (Lipinski definition) is 2. The molecule has 0 saturated carbocycles. The van der Waals surface area contributed by atoms with Crippen molar-refractivity contribution in [2.75, 3.05) is 59.0 Å². The number of thiophene rings is 1. The van der Waals surface area contributed by atoms with Gasteiger partial charge in [-0.1, -0.05) is 0 Å². The smallest absolute Gasteiger partial charge is 0.256 e. The maximum absolute atomic E-state index is 16.0. The second-order valence-electron chi connectivity index (χ2n) is 10.4. The second kappa shape index (κ2) is 13.7. The summed E-state index contributed by atoms with van der Waals surface area (Å²) < 4.78 is 44.6. The highest BCUT2D eigenvalue weighted by Gasteiger charge is 2.21. The van der Waals surface area contributed by atoms with Crippen molar-refractivity contribution in [3.63, 3.8) is 0 Å². The summed E-state index contributed by atoms with van der Waals surface area (Å²) in [6.45, 7) is 3.36. The molecule has 5 aromatic rings. The van der Waals surface area contributed by atoms with Crippen molar-refractivity contribution < 1.29 is 38.0 Å². The average molecular weight is 634 g/mol. The number of pyridine rings is 1. The molecule has 3 aromatic carbocycles. The Morgan fingerprint density at radius 1 is 1.04 bits per heavy atom. The topological polar surface area (TPSA) is 112 Å². The van der Waals surface area contributed by atoms with E-state index in [4.69, 9.17) is 23.7 Å². The Kier molecular flexibility index (Phi) is 9.26. The number of anilines is 1. The van der Waals surface area contributed by atoms with Gasteiger partial charge in [-0.25, -0.2) is 4.39 Å². The van der Waals surface area contributed by atoms with Crippen LogP contribution in [0.4, 0.5) is 10.1 Å². The summed E-state index contributed by atoms with van der Waals surface area (Å²) in [7, 11) is 2.94. The fourth-order valence-electron chi connectivity index (χ4n) is 5.16. The maximum atomic E-state index is 16.0. The van der Waals surface area contributed by atoms with Gasteiger partial charge in [-0.3, -0.25) is 14.7 Å². The highest BCUT2D eigenvalue weighted by atomic mass is 32.1. The Morgan fingerprint density at radius 3 is 2.62 bits per heavy atom. The van der Waals surface area contributed by atoms with Gasteiger partial charge >= 0.3 is 0 Å². The lowest BCUT2D eigenvalue weighted by Crippen LogP contribution is -2.42. The number of amides is 1. The zero-order valence-corrected chi connectivity index (χ0v) is 25.6. The van der Waals surface area contributed by atoms with Crippen LogP contribution >= 0.6 is 11.3 Å². The third-order valence-electron chi connectivity index (χ3n) is 7.46. The number of carbonyl (C=O) groups excluding carboxylic acids is 1. The summed E-state index contributed by atoms with van der Waals surface area (Å²) in [6, 6.07) is 13.3. The van der Waals surface area contributed by atoms with E-state index in [9.17, 15) is 9.90 Å². The zero-order chi connectivity index (χ0) is 31.3. The van der Waals surface area contributed by atoms with Gasteiger partial charge in [0.25, 0.3) is 5.91 Å². The lowest BCUT2D eigenvalue weighted by Gasteiger charge is -2.28. The normalized spacial score (nSPS) is 14.3. The monoisotopic (exact) mass is 633 g/mol. The zero-order valence-electron chi connectivity index (χ0n) is 24.7.